The smallest absolute Gasteiger partial charge is 0.0746 e. The molecule has 1 aromatic carbocycles. The van der Waals surface area contributed by atoms with E-state index in [1.807, 2.05) is 25.1 Å². The molecule has 0 aromatic heterocycles. The fourth-order valence-corrected chi connectivity index (χ4v) is 2.91. The number of benzene rings is 1. The molecule has 3 nitrogen and oxygen atoms in total. The van der Waals surface area contributed by atoms with Gasteiger partial charge in [0.1, 0.15) is 0 Å². The summed E-state index contributed by atoms with van der Waals surface area (Å²) in [6, 6.07) is 5.89. The molecule has 94 valence electrons. The number of likely N-dealkylation sites (tertiary alicyclic amines) is 1. The quantitative estimate of drug-likeness (QED) is 0.824. The summed E-state index contributed by atoms with van der Waals surface area (Å²) in [4.78, 5) is 2.29. The van der Waals surface area contributed by atoms with Crippen molar-refractivity contribution in [2.24, 2.45) is 0 Å². The number of halogens is 1. The van der Waals surface area contributed by atoms with Crippen LogP contribution in [0, 0.1) is 0 Å². The lowest BCUT2D eigenvalue weighted by atomic mass is 9.95. The minimum atomic E-state index is -0.543. The van der Waals surface area contributed by atoms with Gasteiger partial charge in [0.05, 0.1) is 5.60 Å². The minimum Gasteiger partial charge on any atom is -0.399 e. The lowest BCUT2D eigenvalue weighted by Crippen LogP contribution is -2.45. The van der Waals surface area contributed by atoms with Crippen molar-refractivity contribution < 1.29 is 5.11 Å². The molecule has 3 N–H and O–H groups in total. The van der Waals surface area contributed by atoms with Gasteiger partial charge in [-0.25, -0.2) is 0 Å². The van der Waals surface area contributed by atoms with E-state index in [1.54, 1.807) is 0 Å². The molecule has 0 saturated carbocycles. The molecule has 1 aromatic rings. The number of β-amino-alcohol motifs (C(OH)–C–C–N with tert-alkyl or cyclic N) is 1. The Labute approximate surface area is 111 Å². The number of aliphatic hydroxyl groups is 1. The Kier molecular flexibility index (Phi) is 3.76. The van der Waals surface area contributed by atoms with Crippen molar-refractivity contribution in [1.82, 2.24) is 4.90 Å². The predicted molar refractivity (Wildman–Crippen MR) is 73.7 cm³/mol. The first-order valence-electron chi connectivity index (χ1n) is 5.95. The van der Waals surface area contributed by atoms with Gasteiger partial charge in [-0.1, -0.05) is 22.0 Å². The van der Waals surface area contributed by atoms with E-state index in [4.69, 9.17) is 5.73 Å². The fraction of sp³-hybridized carbons (Fsp3) is 0.538. The van der Waals surface area contributed by atoms with Gasteiger partial charge in [-0.05, 0) is 44.0 Å². The molecule has 1 unspecified atom stereocenters. The Balaban J connectivity index is 2.05. The molecule has 0 radical (unpaired) electrons. The summed E-state index contributed by atoms with van der Waals surface area (Å²) in [6.07, 6.45) is 1.95. The maximum absolute atomic E-state index is 10.1. The average Bonchev–Trinajstić information content (AvgIpc) is 2.21. The zero-order valence-corrected chi connectivity index (χ0v) is 11.7. The van der Waals surface area contributed by atoms with Crippen molar-refractivity contribution in [1.29, 1.82) is 0 Å². The van der Waals surface area contributed by atoms with Gasteiger partial charge in [0, 0.05) is 23.2 Å². The highest BCUT2D eigenvalue weighted by atomic mass is 79.9. The zero-order valence-electron chi connectivity index (χ0n) is 10.1. The molecule has 2 rings (SSSR count). The maximum atomic E-state index is 10.1. The van der Waals surface area contributed by atoms with E-state index in [1.165, 1.54) is 5.56 Å². The summed E-state index contributed by atoms with van der Waals surface area (Å²) in [5.74, 6) is 0. The lowest BCUT2D eigenvalue weighted by Gasteiger charge is -2.37. The number of nitrogens with zero attached hydrogens (tertiary/aromatic N) is 1. The van der Waals surface area contributed by atoms with Crippen LogP contribution in [0.25, 0.3) is 0 Å². The summed E-state index contributed by atoms with van der Waals surface area (Å²) in [5.41, 5.74) is 7.17. The SMILES string of the molecule is CC1(O)CCCN(Cc2ccc(N)cc2Br)C1. The second kappa shape index (κ2) is 4.96. The fourth-order valence-electron chi connectivity index (χ4n) is 2.39. The molecule has 1 fully saturated rings. The molecule has 1 aliphatic heterocycles. The first-order chi connectivity index (χ1) is 7.96. The van der Waals surface area contributed by atoms with E-state index in [-0.39, 0.29) is 0 Å². The summed E-state index contributed by atoms with van der Waals surface area (Å²) in [6.45, 7) is 4.56. The normalized spacial score (nSPS) is 26.1. The van der Waals surface area contributed by atoms with Crippen molar-refractivity contribution in [3.8, 4) is 0 Å². The van der Waals surface area contributed by atoms with Crippen molar-refractivity contribution in [2.75, 3.05) is 18.8 Å². The van der Waals surface area contributed by atoms with E-state index in [0.717, 1.165) is 42.6 Å². The van der Waals surface area contributed by atoms with Crippen LogP contribution in [-0.2, 0) is 6.54 Å². The largest absolute Gasteiger partial charge is 0.399 e. The molecule has 1 aliphatic rings. The monoisotopic (exact) mass is 298 g/mol. The Hall–Kier alpha value is -0.580. The van der Waals surface area contributed by atoms with Crippen molar-refractivity contribution >= 4 is 21.6 Å². The second-order valence-corrected chi connectivity index (χ2v) is 6.02. The van der Waals surface area contributed by atoms with E-state index >= 15 is 0 Å². The number of hydrogen-bond acceptors (Lipinski definition) is 3. The number of hydrogen-bond donors (Lipinski definition) is 2. The van der Waals surface area contributed by atoms with Crippen LogP contribution in [0.5, 0.6) is 0 Å². The molecule has 0 bridgehead atoms. The molecule has 1 saturated heterocycles. The summed E-state index contributed by atoms with van der Waals surface area (Å²) >= 11 is 3.53. The Morgan fingerprint density at radius 3 is 2.94 bits per heavy atom. The number of anilines is 1. The zero-order chi connectivity index (χ0) is 12.5. The highest BCUT2D eigenvalue weighted by Crippen LogP contribution is 2.25. The number of nitrogen functional groups attached to an aromatic ring is 1. The van der Waals surface area contributed by atoms with Gasteiger partial charge in [0.2, 0.25) is 0 Å². The predicted octanol–water partition coefficient (Wildman–Crippen LogP) is 2.38. The molecule has 0 spiro atoms. The third-order valence-electron chi connectivity index (χ3n) is 3.23. The second-order valence-electron chi connectivity index (χ2n) is 5.16. The van der Waals surface area contributed by atoms with Gasteiger partial charge in [-0.2, -0.15) is 0 Å². The van der Waals surface area contributed by atoms with Crippen LogP contribution in [0.15, 0.2) is 22.7 Å². The van der Waals surface area contributed by atoms with Gasteiger partial charge in [-0.15, -0.1) is 0 Å². The van der Waals surface area contributed by atoms with Gasteiger partial charge in [0.25, 0.3) is 0 Å². The van der Waals surface area contributed by atoms with Crippen molar-refractivity contribution in [3.63, 3.8) is 0 Å². The highest BCUT2D eigenvalue weighted by Gasteiger charge is 2.28. The van der Waals surface area contributed by atoms with Crippen LogP contribution in [0.2, 0.25) is 0 Å². The highest BCUT2D eigenvalue weighted by molar-refractivity contribution is 9.10. The third-order valence-corrected chi connectivity index (χ3v) is 3.96. The first-order valence-corrected chi connectivity index (χ1v) is 6.74. The van der Waals surface area contributed by atoms with Crippen LogP contribution in [0.1, 0.15) is 25.3 Å². The molecule has 1 heterocycles. The van der Waals surface area contributed by atoms with Gasteiger partial charge in [0.15, 0.2) is 0 Å². The minimum absolute atomic E-state index is 0.543. The molecular formula is C13H19BrN2O. The molecule has 0 amide bonds. The summed E-state index contributed by atoms with van der Waals surface area (Å²) in [7, 11) is 0. The molecule has 0 aliphatic carbocycles. The van der Waals surface area contributed by atoms with E-state index in [9.17, 15) is 5.11 Å². The van der Waals surface area contributed by atoms with Crippen molar-refractivity contribution in [3.05, 3.63) is 28.2 Å². The molecule has 4 heteroatoms. The summed E-state index contributed by atoms with van der Waals surface area (Å²) in [5, 5.41) is 10.1. The first kappa shape index (κ1) is 12.9. The van der Waals surface area contributed by atoms with E-state index < -0.39 is 5.60 Å². The van der Waals surface area contributed by atoms with Crippen LogP contribution < -0.4 is 5.73 Å². The van der Waals surface area contributed by atoms with Crippen molar-refractivity contribution in [2.45, 2.75) is 31.9 Å². The Bertz CT molecular complexity index is 406. The van der Waals surface area contributed by atoms with Gasteiger partial charge < -0.3 is 10.8 Å². The topological polar surface area (TPSA) is 49.5 Å². The van der Waals surface area contributed by atoms with Gasteiger partial charge >= 0.3 is 0 Å². The average molecular weight is 299 g/mol. The number of piperidine rings is 1. The third kappa shape index (κ3) is 3.44. The summed E-state index contributed by atoms with van der Waals surface area (Å²) < 4.78 is 1.04. The lowest BCUT2D eigenvalue weighted by molar-refractivity contribution is -0.0182. The van der Waals surface area contributed by atoms with Crippen LogP contribution in [0.3, 0.4) is 0 Å². The van der Waals surface area contributed by atoms with Crippen LogP contribution in [0.4, 0.5) is 5.69 Å². The molecule has 1 atom stereocenters. The number of nitrogens with two attached hydrogens (primary N) is 1. The van der Waals surface area contributed by atoms with Gasteiger partial charge in [-0.3, -0.25) is 4.90 Å². The molecule has 17 heavy (non-hydrogen) atoms. The maximum Gasteiger partial charge on any atom is 0.0746 e. The number of rotatable bonds is 2. The Morgan fingerprint density at radius 1 is 1.53 bits per heavy atom. The standard InChI is InChI=1S/C13H19BrN2O/c1-13(17)5-2-6-16(9-13)8-10-3-4-11(15)7-12(10)14/h3-4,7,17H,2,5-6,8-9,15H2,1H3. The van der Waals surface area contributed by atoms with Crippen LogP contribution >= 0.6 is 15.9 Å². The van der Waals surface area contributed by atoms with E-state index in [2.05, 4.69) is 20.8 Å². The molecular weight excluding hydrogens is 280 g/mol. The Morgan fingerprint density at radius 2 is 2.29 bits per heavy atom. The van der Waals surface area contributed by atoms with E-state index in [0.29, 0.717) is 0 Å². The van der Waals surface area contributed by atoms with Crippen LogP contribution in [-0.4, -0.2) is 28.7 Å².